The van der Waals surface area contributed by atoms with Crippen molar-refractivity contribution < 1.29 is 20.1 Å². The molecule has 8 aromatic rings. The first-order chi connectivity index (χ1) is 25.0. The molecule has 1 aliphatic carbocycles. The molecule has 0 fully saturated rings. The van der Waals surface area contributed by atoms with E-state index in [0.29, 0.717) is 17.5 Å². The standard InChI is InChI=1S/C47H40N5.Ir/c1-45(2)37-24-21-31(28-38(37)46(3,4)47(45,5)6)39-25-22-33(29-48-39)44-50-42(30-15-9-7-10-16-30)49-43(51-44)32-23-26-41-36(27-32)35-19-13-14-20-40(35)52(41)34-17-11-8-12-18-34;/h7-20,22-29H,1-6H3;/q-1;. The first-order valence-electron chi connectivity index (χ1n) is 18.0. The van der Waals surface area contributed by atoms with Crippen LogP contribution < -0.4 is 0 Å². The second-order valence-electron chi connectivity index (χ2n) is 15.6. The van der Waals surface area contributed by atoms with Crippen molar-refractivity contribution in [3.63, 3.8) is 0 Å². The number of benzene rings is 5. The molecule has 0 spiro atoms. The van der Waals surface area contributed by atoms with Gasteiger partial charge in [0.25, 0.3) is 0 Å². The van der Waals surface area contributed by atoms with Crippen molar-refractivity contribution in [3.8, 4) is 51.1 Å². The molecular formula is C47H40IrN5-. The molecule has 0 amide bonds. The van der Waals surface area contributed by atoms with Crippen molar-refractivity contribution in [2.75, 3.05) is 0 Å². The third-order valence-electron chi connectivity index (χ3n) is 12.3. The number of nitrogens with zero attached hydrogens (tertiary/aromatic N) is 5. The molecule has 0 saturated heterocycles. The van der Waals surface area contributed by atoms with Crippen LogP contribution in [0, 0.1) is 11.5 Å². The molecule has 0 saturated carbocycles. The third-order valence-corrected chi connectivity index (χ3v) is 12.3. The summed E-state index contributed by atoms with van der Waals surface area (Å²) in [7, 11) is 0. The summed E-state index contributed by atoms with van der Waals surface area (Å²) in [5.41, 5.74) is 10.8. The van der Waals surface area contributed by atoms with Crippen LogP contribution in [0.3, 0.4) is 0 Å². The normalized spacial score (nSPS) is 15.3. The van der Waals surface area contributed by atoms with E-state index >= 15 is 0 Å². The van der Waals surface area contributed by atoms with Crippen molar-refractivity contribution in [2.24, 2.45) is 5.41 Å². The first kappa shape index (κ1) is 34.8. The molecule has 3 heterocycles. The fourth-order valence-electron chi connectivity index (χ4n) is 8.13. The zero-order valence-electron chi connectivity index (χ0n) is 30.8. The van der Waals surface area contributed by atoms with Crippen molar-refractivity contribution in [3.05, 3.63) is 151 Å². The second-order valence-corrected chi connectivity index (χ2v) is 15.6. The largest absolute Gasteiger partial charge is 0.309 e. The minimum atomic E-state index is 0. The predicted molar refractivity (Wildman–Crippen MR) is 212 cm³/mol. The molecule has 263 valence electrons. The summed E-state index contributed by atoms with van der Waals surface area (Å²) in [6.07, 6.45) is 1.87. The third kappa shape index (κ3) is 5.38. The van der Waals surface area contributed by atoms with E-state index in [1.54, 1.807) is 0 Å². The van der Waals surface area contributed by atoms with E-state index in [2.05, 4.69) is 149 Å². The smallest absolute Gasteiger partial charge is 0.165 e. The zero-order chi connectivity index (χ0) is 35.8. The Bertz CT molecular complexity index is 2640. The molecule has 0 atom stereocenters. The summed E-state index contributed by atoms with van der Waals surface area (Å²) in [4.78, 5) is 20.0. The molecule has 1 aliphatic rings. The molecule has 5 aromatic carbocycles. The molecule has 0 unspecified atom stereocenters. The molecule has 0 N–H and O–H groups in total. The summed E-state index contributed by atoms with van der Waals surface area (Å²) in [5, 5.41) is 2.33. The average Bonchev–Trinajstić information content (AvgIpc) is 3.56. The first-order valence-corrected chi connectivity index (χ1v) is 18.0. The number of rotatable bonds is 5. The van der Waals surface area contributed by atoms with Gasteiger partial charge in [-0.05, 0) is 58.3 Å². The Labute approximate surface area is 324 Å². The number of hydrogen-bond donors (Lipinski definition) is 0. The fourth-order valence-corrected chi connectivity index (χ4v) is 8.13. The maximum atomic E-state index is 5.08. The van der Waals surface area contributed by atoms with Crippen LogP contribution in [0.5, 0.6) is 0 Å². The minimum Gasteiger partial charge on any atom is -0.309 e. The summed E-state index contributed by atoms with van der Waals surface area (Å²) in [5.74, 6) is 1.82. The fraction of sp³-hybridized carbons (Fsp3) is 0.191. The Kier molecular flexibility index (Phi) is 8.32. The molecular weight excluding hydrogens is 827 g/mol. The average molecular weight is 867 g/mol. The van der Waals surface area contributed by atoms with E-state index < -0.39 is 0 Å². The number of hydrogen-bond acceptors (Lipinski definition) is 4. The van der Waals surface area contributed by atoms with Crippen molar-refractivity contribution >= 4 is 21.8 Å². The summed E-state index contributed by atoms with van der Waals surface area (Å²) < 4.78 is 2.32. The topological polar surface area (TPSA) is 56.5 Å². The Morgan fingerprint density at radius 1 is 0.528 bits per heavy atom. The van der Waals surface area contributed by atoms with Crippen LogP contribution in [0.1, 0.15) is 52.7 Å². The maximum absolute atomic E-state index is 5.08. The van der Waals surface area contributed by atoms with Gasteiger partial charge in [0.2, 0.25) is 0 Å². The monoisotopic (exact) mass is 867 g/mol. The summed E-state index contributed by atoms with van der Waals surface area (Å²) in [6.45, 7) is 14.2. The van der Waals surface area contributed by atoms with Gasteiger partial charge in [0, 0.05) is 59.5 Å². The van der Waals surface area contributed by atoms with E-state index in [1.807, 2.05) is 36.5 Å². The van der Waals surface area contributed by atoms with Crippen LogP contribution in [0.25, 0.3) is 72.9 Å². The van der Waals surface area contributed by atoms with Gasteiger partial charge in [0.1, 0.15) is 0 Å². The Hall–Kier alpha value is -5.29. The van der Waals surface area contributed by atoms with E-state index in [4.69, 9.17) is 19.9 Å². The predicted octanol–water partition coefficient (Wildman–Crippen LogP) is 11.4. The van der Waals surface area contributed by atoms with Gasteiger partial charge in [-0.1, -0.05) is 120 Å². The van der Waals surface area contributed by atoms with Crippen LogP contribution in [-0.4, -0.2) is 24.5 Å². The zero-order valence-corrected chi connectivity index (χ0v) is 33.2. The van der Waals surface area contributed by atoms with E-state index in [1.165, 1.54) is 16.5 Å². The Balaban J connectivity index is 0.00000400. The molecule has 9 rings (SSSR count). The van der Waals surface area contributed by atoms with Crippen LogP contribution in [0.2, 0.25) is 0 Å². The minimum absolute atomic E-state index is 0. The van der Waals surface area contributed by atoms with Gasteiger partial charge < -0.3 is 9.55 Å². The van der Waals surface area contributed by atoms with Gasteiger partial charge in [-0.25, -0.2) is 15.0 Å². The van der Waals surface area contributed by atoms with Gasteiger partial charge in [0.15, 0.2) is 17.5 Å². The number of para-hydroxylation sites is 2. The molecule has 3 aromatic heterocycles. The van der Waals surface area contributed by atoms with E-state index in [0.717, 1.165) is 50.1 Å². The van der Waals surface area contributed by atoms with Crippen LogP contribution >= 0.6 is 0 Å². The number of aromatic nitrogens is 5. The van der Waals surface area contributed by atoms with Crippen LogP contribution in [-0.2, 0) is 30.9 Å². The van der Waals surface area contributed by atoms with Gasteiger partial charge in [-0.3, -0.25) is 0 Å². The molecule has 53 heavy (non-hydrogen) atoms. The second kappa shape index (κ2) is 12.7. The quantitative estimate of drug-likeness (QED) is 0.162. The molecule has 1 radical (unpaired) electrons. The molecule has 5 nitrogen and oxygen atoms in total. The summed E-state index contributed by atoms with van der Waals surface area (Å²) in [6, 6.07) is 47.8. The van der Waals surface area contributed by atoms with Gasteiger partial charge in [0.05, 0.1) is 11.0 Å². The molecule has 6 heteroatoms. The van der Waals surface area contributed by atoms with E-state index in [-0.39, 0.29) is 36.4 Å². The molecule has 0 bridgehead atoms. The Morgan fingerprint density at radius 3 is 1.81 bits per heavy atom. The van der Waals surface area contributed by atoms with Crippen molar-refractivity contribution in [2.45, 2.75) is 52.4 Å². The van der Waals surface area contributed by atoms with Gasteiger partial charge in [-0.2, -0.15) is 0 Å². The number of fused-ring (bicyclic) bond motifs is 4. The van der Waals surface area contributed by atoms with E-state index in [9.17, 15) is 0 Å². The van der Waals surface area contributed by atoms with Gasteiger partial charge >= 0.3 is 0 Å². The van der Waals surface area contributed by atoms with Crippen LogP contribution in [0.15, 0.2) is 134 Å². The van der Waals surface area contributed by atoms with Crippen LogP contribution in [0.4, 0.5) is 0 Å². The molecule has 0 aliphatic heterocycles. The number of pyridine rings is 1. The summed E-state index contributed by atoms with van der Waals surface area (Å²) >= 11 is 0. The van der Waals surface area contributed by atoms with Gasteiger partial charge in [-0.15, -0.1) is 34.9 Å². The van der Waals surface area contributed by atoms with Crippen molar-refractivity contribution in [1.82, 2.24) is 24.5 Å². The maximum Gasteiger partial charge on any atom is 0.165 e. The van der Waals surface area contributed by atoms with Crippen molar-refractivity contribution in [1.29, 1.82) is 0 Å². The SMILES string of the molecule is CC1(C)c2c[c-]c(-c3ccc(-c4nc(-c5ccccc5)nc(-c5ccc6c(c5)c5ccccc5n6-c5ccccc5)n4)cn3)cc2C(C)(C)C1(C)C.[Ir]. The Morgan fingerprint density at radius 2 is 1.11 bits per heavy atom.